The Kier molecular flexibility index (Phi) is 3.25. The van der Waals surface area contributed by atoms with Crippen LogP contribution in [-0.2, 0) is 0 Å². The highest BCUT2D eigenvalue weighted by atomic mass is 79.9. The SMILES string of the molecule is CC(CO)c1cc2c(c(Br)c1O)OCCO2. The molecule has 0 bridgehead atoms. The van der Waals surface area contributed by atoms with E-state index in [-0.39, 0.29) is 18.3 Å². The minimum absolute atomic E-state index is 0.0281. The van der Waals surface area contributed by atoms with Crippen LogP contribution >= 0.6 is 15.9 Å². The summed E-state index contributed by atoms with van der Waals surface area (Å²) in [5, 5.41) is 19.1. The third kappa shape index (κ3) is 1.85. The Balaban J connectivity index is 2.52. The molecular weight excluding hydrogens is 276 g/mol. The number of halogens is 1. The zero-order chi connectivity index (χ0) is 11.7. The van der Waals surface area contributed by atoms with Gasteiger partial charge in [-0.15, -0.1) is 0 Å². The molecule has 4 nitrogen and oxygen atoms in total. The number of aromatic hydroxyl groups is 1. The first kappa shape index (κ1) is 11.5. The number of hydrogen-bond donors (Lipinski definition) is 2. The molecule has 1 heterocycles. The lowest BCUT2D eigenvalue weighted by molar-refractivity contribution is 0.169. The Morgan fingerprint density at radius 1 is 1.44 bits per heavy atom. The maximum Gasteiger partial charge on any atom is 0.179 e. The van der Waals surface area contributed by atoms with E-state index >= 15 is 0 Å². The van der Waals surface area contributed by atoms with Gasteiger partial charge in [-0.25, -0.2) is 0 Å². The van der Waals surface area contributed by atoms with E-state index in [1.807, 2.05) is 6.92 Å². The number of phenols is 1. The smallest absolute Gasteiger partial charge is 0.179 e. The molecule has 1 aliphatic heterocycles. The predicted octanol–water partition coefficient (Wildman–Crippen LogP) is 2.02. The summed E-state index contributed by atoms with van der Waals surface area (Å²) in [5.41, 5.74) is 0.652. The van der Waals surface area contributed by atoms with E-state index in [1.165, 1.54) is 0 Å². The van der Waals surface area contributed by atoms with Crippen LogP contribution in [0, 0.1) is 0 Å². The third-order valence-corrected chi connectivity index (χ3v) is 3.32. The molecule has 88 valence electrons. The predicted molar refractivity (Wildman–Crippen MR) is 62.3 cm³/mol. The lowest BCUT2D eigenvalue weighted by atomic mass is 10.0. The molecular formula is C11H13BrO4. The highest BCUT2D eigenvalue weighted by molar-refractivity contribution is 9.10. The number of ether oxygens (including phenoxy) is 2. The van der Waals surface area contributed by atoms with Gasteiger partial charge in [0.2, 0.25) is 0 Å². The third-order valence-electron chi connectivity index (χ3n) is 2.58. The molecule has 1 unspecified atom stereocenters. The standard InChI is InChI=1S/C11H13BrO4/c1-6(5-13)7-4-8-11(9(12)10(7)14)16-3-2-15-8/h4,6,13-14H,2-3,5H2,1H3. The molecule has 2 N–H and O–H groups in total. The summed E-state index contributed by atoms with van der Waals surface area (Å²) in [4.78, 5) is 0. The quantitative estimate of drug-likeness (QED) is 0.874. The first-order valence-corrected chi connectivity index (χ1v) is 5.86. The lowest BCUT2D eigenvalue weighted by Crippen LogP contribution is -2.16. The van der Waals surface area contributed by atoms with Crippen molar-refractivity contribution in [1.29, 1.82) is 0 Å². The summed E-state index contributed by atoms with van der Waals surface area (Å²) in [6.45, 7) is 2.77. The van der Waals surface area contributed by atoms with Crippen LogP contribution in [0.15, 0.2) is 10.5 Å². The molecule has 0 fully saturated rings. The molecule has 2 rings (SSSR count). The van der Waals surface area contributed by atoms with Gasteiger partial charge in [-0.3, -0.25) is 0 Å². The largest absolute Gasteiger partial charge is 0.506 e. The van der Waals surface area contributed by atoms with Gasteiger partial charge in [0.05, 0.1) is 0 Å². The van der Waals surface area contributed by atoms with Crippen LogP contribution < -0.4 is 9.47 Å². The molecule has 0 aliphatic carbocycles. The summed E-state index contributed by atoms with van der Waals surface area (Å²) in [6.07, 6.45) is 0. The minimum atomic E-state index is -0.146. The maximum absolute atomic E-state index is 9.96. The molecule has 0 spiro atoms. The molecule has 0 radical (unpaired) electrons. The van der Waals surface area contributed by atoms with Gasteiger partial charge in [0, 0.05) is 18.1 Å². The average molecular weight is 289 g/mol. The van der Waals surface area contributed by atoms with Crippen molar-refractivity contribution in [1.82, 2.24) is 0 Å². The van der Waals surface area contributed by atoms with E-state index in [2.05, 4.69) is 15.9 Å². The van der Waals surface area contributed by atoms with Crippen molar-refractivity contribution in [3.8, 4) is 17.2 Å². The zero-order valence-corrected chi connectivity index (χ0v) is 10.5. The lowest BCUT2D eigenvalue weighted by Gasteiger charge is -2.22. The summed E-state index contributed by atoms with van der Waals surface area (Å²) in [6, 6.07) is 1.72. The van der Waals surface area contributed by atoms with E-state index < -0.39 is 0 Å². The Morgan fingerprint density at radius 3 is 2.81 bits per heavy atom. The second-order valence-electron chi connectivity index (χ2n) is 3.74. The molecule has 0 saturated heterocycles. The Hall–Kier alpha value is -0.940. The van der Waals surface area contributed by atoms with Crippen molar-refractivity contribution in [2.24, 2.45) is 0 Å². The fourth-order valence-electron chi connectivity index (χ4n) is 1.63. The van der Waals surface area contributed by atoms with Crippen molar-refractivity contribution in [2.45, 2.75) is 12.8 Å². The van der Waals surface area contributed by atoms with E-state index in [0.29, 0.717) is 34.7 Å². The summed E-state index contributed by atoms with van der Waals surface area (Å²) in [5.74, 6) is 1.08. The Morgan fingerprint density at radius 2 is 2.12 bits per heavy atom. The number of hydrogen-bond acceptors (Lipinski definition) is 4. The highest BCUT2D eigenvalue weighted by Gasteiger charge is 2.23. The van der Waals surface area contributed by atoms with Crippen LogP contribution in [0.2, 0.25) is 0 Å². The van der Waals surface area contributed by atoms with Crippen LogP contribution in [0.25, 0.3) is 0 Å². The number of fused-ring (bicyclic) bond motifs is 1. The number of rotatable bonds is 2. The summed E-state index contributed by atoms with van der Waals surface area (Å²) >= 11 is 3.28. The maximum atomic E-state index is 9.96. The number of benzene rings is 1. The van der Waals surface area contributed by atoms with Crippen LogP contribution in [-0.4, -0.2) is 30.0 Å². The molecule has 5 heteroatoms. The number of aliphatic hydroxyl groups is 1. The molecule has 1 atom stereocenters. The van der Waals surface area contributed by atoms with Crippen LogP contribution in [0.5, 0.6) is 17.2 Å². The van der Waals surface area contributed by atoms with Crippen molar-refractivity contribution in [2.75, 3.05) is 19.8 Å². The molecule has 1 aromatic rings. The average Bonchev–Trinajstić information content (AvgIpc) is 2.33. The molecule has 16 heavy (non-hydrogen) atoms. The van der Waals surface area contributed by atoms with Crippen molar-refractivity contribution in [3.05, 3.63) is 16.1 Å². The molecule has 1 aliphatic rings. The van der Waals surface area contributed by atoms with Crippen molar-refractivity contribution >= 4 is 15.9 Å². The molecule has 0 aromatic heterocycles. The van der Waals surface area contributed by atoms with Gasteiger partial charge in [0.25, 0.3) is 0 Å². The van der Waals surface area contributed by atoms with E-state index in [1.54, 1.807) is 6.07 Å². The van der Waals surface area contributed by atoms with Gasteiger partial charge in [0.1, 0.15) is 23.4 Å². The zero-order valence-electron chi connectivity index (χ0n) is 8.86. The monoisotopic (exact) mass is 288 g/mol. The van der Waals surface area contributed by atoms with Crippen LogP contribution in [0.3, 0.4) is 0 Å². The van der Waals surface area contributed by atoms with E-state index in [0.717, 1.165) is 0 Å². The Bertz CT molecular complexity index is 405. The van der Waals surface area contributed by atoms with Crippen molar-refractivity contribution < 1.29 is 19.7 Å². The van der Waals surface area contributed by atoms with E-state index in [4.69, 9.17) is 14.6 Å². The second kappa shape index (κ2) is 4.51. The van der Waals surface area contributed by atoms with Gasteiger partial charge < -0.3 is 19.7 Å². The van der Waals surface area contributed by atoms with Crippen molar-refractivity contribution in [3.63, 3.8) is 0 Å². The first-order chi connectivity index (χ1) is 7.65. The van der Waals surface area contributed by atoms with Gasteiger partial charge in [-0.05, 0) is 22.0 Å². The van der Waals surface area contributed by atoms with Gasteiger partial charge in [-0.2, -0.15) is 0 Å². The number of aliphatic hydroxyl groups excluding tert-OH is 1. The topological polar surface area (TPSA) is 58.9 Å². The summed E-state index contributed by atoms with van der Waals surface area (Å²) < 4.78 is 11.3. The van der Waals surface area contributed by atoms with Crippen LogP contribution in [0.4, 0.5) is 0 Å². The molecule has 1 aromatic carbocycles. The van der Waals surface area contributed by atoms with Gasteiger partial charge in [0.15, 0.2) is 11.5 Å². The fraction of sp³-hybridized carbons (Fsp3) is 0.455. The fourth-order valence-corrected chi connectivity index (χ4v) is 2.17. The molecule has 0 saturated carbocycles. The molecule has 0 amide bonds. The first-order valence-electron chi connectivity index (χ1n) is 5.07. The minimum Gasteiger partial charge on any atom is -0.506 e. The van der Waals surface area contributed by atoms with E-state index in [9.17, 15) is 5.11 Å². The van der Waals surface area contributed by atoms with Gasteiger partial charge >= 0.3 is 0 Å². The normalized spacial score (nSPS) is 15.9. The highest BCUT2D eigenvalue weighted by Crippen LogP contribution is 2.46. The second-order valence-corrected chi connectivity index (χ2v) is 4.53. The van der Waals surface area contributed by atoms with Gasteiger partial charge in [-0.1, -0.05) is 6.92 Å². The van der Waals surface area contributed by atoms with Crippen LogP contribution in [0.1, 0.15) is 18.4 Å². The summed E-state index contributed by atoms with van der Waals surface area (Å²) in [7, 11) is 0. The Labute approximate surface area is 102 Å². The number of phenolic OH excluding ortho intramolecular Hbond substituents is 1.